The quantitative estimate of drug-likeness (QED) is 0.220. The number of pyridine rings is 5. The number of aromatic nitrogens is 5. The van der Waals surface area contributed by atoms with Crippen molar-refractivity contribution >= 4 is 65.4 Å². The smallest absolute Gasteiger partial charge is 0.355 e. The van der Waals surface area contributed by atoms with E-state index < -0.39 is 31.5 Å². The van der Waals surface area contributed by atoms with Crippen LogP contribution in [-0.2, 0) is 20.1 Å². The van der Waals surface area contributed by atoms with E-state index in [1.54, 1.807) is 24.4 Å². The van der Waals surface area contributed by atoms with Crippen LogP contribution in [0.3, 0.4) is 0 Å². The summed E-state index contributed by atoms with van der Waals surface area (Å²) in [5.74, 6) is -0.736. The monoisotopic (exact) mass is 632 g/mol. The van der Waals surface area contributed by atoms with Crippen molar-refractivity contribution in [1.29, 1.82) is 0 Å². The minimum atomic E-state index is -5.76. The lowest BCUT2D eigenvalue weighted by atomic mass is 10.2. The Morgan fingerprint density at radius 2 is 1.38 bits per heavy atom. The third-order valence-corrected chi connectivity index (χ3v) is 7.31. The molecule has 0 fully saturated rings. The molecular weight excluding hydrogens is 620 g/mol. The topological polar surface area (TPSA) is 168 Å². The summed E-state index contributed by atoms with van der Waals surface area (Å²) in [5, 5.41) is 5.68. The van der Waals surface area contributed by atoms with E-state index in [9.17, 15) is 30.0 Å². The number of hydrogen-bond donors (Lipinski definition) is 1. The molecule has 0 spiro atoms. The highest BCUT2D eigenvalue weighted by Gasteiger charge is 2.48. The average molecular weight is 633 g/mol. The van der Waals surface area contributed by atoms with Crippen LogP contribution in [0, 0.1) is 0 Å². The van der Waals surface area contributed by atoms with Gasteiger partial charge in [-0.05, 0) is 36.4 Å². The number of sulfonamides is 1. The lowest BCUT2D eigenvalue weighted by molar-refractivity contribution is -0.0501. The number of fused-ring (bicyclic) bond motifs is 2. The Bertz CT molecular complexity index is 1960. The van der Waals surface area contributed by atoms with Gasteiger partial charge in [-0.1, -0.05) is 23.2 Å². The number of hydrogen-bond acceptors (Lipinski definition) is 10. The van der Waals surface area contributed by atoms with Crippen LogP contribution in [0.25, 0.3) is 33.3 Å². The van der Waals surface area contributed by atoms with Gasteiger partial charge in [-0.3, -0.25) is 15.0 Å². The molecule has 5 rings (SSSR count). The molecule has 0 aliphatic carbocycles. The molecule has 208 valence electrons. The minimum Gasteiger partial charge on any atom is -0.355 e. The predicted octanol–water partition coefficient (Wildman–Crippen LogP) is 4.50. The van der Waals surface area contributed by atoms with Gasteiger partial charge in [0, 0.05) is 36.4 Å². The molecule has 0 aromatic carbocycles. The molecule has 0 radical (unpaired) electrons. The van der Waals surface area contributed by atoms with Crippen molar-refractivity contribution in [3.8, 4) is 17.1 Å². The van der Waals surface area contributed by atoms with Gasteiger partial charge in [-0.25, -0.2) is 23.5 Å². The van der Waals surface area contributed by atoms with Gasteiger partial charge in [-0.15, -0.1) is 0 Å². The number of alkyl halides is 3. The normalized spacial score (nSPS) is 12.2. The summed E-state index contributed by atoms with van der Waals surface area (Å²) in [6.07, 6.45) is 5.66. The molecule has 0 saturated heterocycles. The molecular formula is C22H13Cl2F3N6O5S2. The van der Waals surface area contributed by atoms with Gasteiger partial charge in [0.2, 0.25) is 15.9 Å². The summed E-state index contributed by atoms with van der Waals surface area (Å²) in [4.78, 5) is 19.8. The number of rotatable bonds is 4. The van der Waals surface area contributed by atoms with Crippen molar-refractivity contribution in [2.75, 3.05) is 0 Å². The van der Waals surface area contributed by atoms with Gasteiger partial charge in [0.25, 0.3) is 0 Å². The van der Waals surface area contributed by atoms with Gasteiger partial charge in [-0.2, -0.15) is 21.6 Å². The molecule has 5 aromatic rings. The number of halogens is 5. The van der Waals surface area contributed by atoms with E-state index in [4.69, 9.17) is 28.3 Å². The zero-order valence-electron chi connectivity index (χ0n) is 19.4. The molecule has 11 nitrogen and oxygen atoms in total. The van der Waals surface area contributed by atoms with E-state index in [2.05, 4.69) is 29.1 Å². The SMILES string of the molecule is NS(=O)(=O)c1cncc(-c2ccc3nccc(Cl)c3n2)c1.O=S(=O)(Oc1ccc2nccc(Cl)c2n1)C(F)(F)F. The van der Waals surface area contributed by atoms with Gasteiger partial charge in [0.05, 0.1) is 26.8 Å². The lowest BCUT2D eigenvalue weighted by Crippen LogP contribution is -2.28. The highest BCUT2D eigenvalue weighted by atomic mass is 35.5. The molecule has 5 heterocycles. The van der Waals surface area contributed by atoms with E-state index in [0.29, 0.717) is 32.8 Å². The van der Waals surface area contributed by atoms with E-state index in [0.717, 1.165) is 6.07 Å². The van der Waals surface area contributed by atoms with Crippen LogP contribution < -0.4 is 9.32 Å². The van der Waals surface area contributed by atoms with Crippen LogP contribution >= 0.6 is 23.2 Å². The number of nitrogens with zero attached hydrogens (tertiary/aromatic N) is 5. The summed E-state index contributed by atoms with van der Waals surface area (Å²) in [6, 6.07) is 10.1. The Morgan fingerprint density at radius 1 is 0.800 bits per heavy atom. The standard InChI is InChI=1S/C13H9ClN4O2S.C9H4ClF3N2O3S/c14-10-3-4-17-12-2-1-11(18-13(10)12)8-5-9(7-16-6-8)21(15,19)20;10-5-3-4-14-6-1-2-7(15-8(5)6)18-19(16,17)9(11,12)13/h1-7H,(H2,15,19,20);1-4H. The van der Waals surface area contributed by atoms with Crippen LogP contribution in [-0.4, -0.2) is 47.3 Å². The largest absolute Gasteiger partial charge is 0.534 e. The molecule has 0 unspecified atom stereocenters. The van der Waals surface area contributed by atoms with Crippen LogP contribution in [0.5, 0.6) is 5.88 Å². The van der Waals surface area contributed by atoms with Crippen molar-refractivity contribution in [3.05, 3.63) is 77.3 Å². The van der Waals surface area contributed by atoms with Crippen LogP contribution in [0.15, 0.2) is 72.1 Å². The summed E-state index contributed by atoms with van der Waals surface area (Å²) in [5.41, 5.74) is -2.93. The van der Waals surface area contributed by atoms with Crippen LogP contribution in [0.4, 0.5) is 13.2 Å². The van der Waals surface area contributed by atoms with E-state index in [1.807, 2.05) is 0 Å². The molecule has 0 aliphatic rings. The molecule has 0 atom stereocenters. The Kier molecular flexibility index (Phi) is 8.09. The highest BCUT2D eigenvalue weighted by Crippen LogP contribution is 2.28. The predicted molar refractivity (Wildman–Crippen MR) is 139 cm³/mol. The third-order valence-electron chi connectivity index (χ3n) is 4.86. The first kappa shape index (κ1) is 29.3. The molecule has 2 N–H and O–H groups in total. The fourth-order valence-corrected chi connectivity index (χ4v) is 4.35. The Labute approximate surface area is 234 Å². The molecule has 0 aliphatic heterocycles. The summed E-state index contributed by atoms with van der Waals surface area (Å²) in [7, 11) is -9.57. The number of primary sulfonamides is 1. The van der Waals surface area contributed by atoms with Crippen molar-refractivity contribution in [3.63, 3.8) is 0 Å². The Hall–Kier alpha value is -3.70. The Balaban J connectivity index is 0.000000186. The lowest BCUT2D eigenvalue weighted by Gasteiger charge is -2.09. The number of nitrogens with two attached hydrogens (primary N) is 1. The second-order valence-electron chi connectivity index (χ2n) is 7.60. The average Bonchev–Trinajstić information content (AvgIpc) is 2.88. The molecule has 18 heteroatoms. The minimum absolute atomic E-state index is 0.0408. The van der Waals surface area contributed by atoms with Gasteiger partial charge in [0.15, 0.2) is 0 Å². The fourth-order valence-electron chi connectivity index (χ4n) is 3.05. The van der Waals surface area contributed by atoms with E-state index in [-0.39, 0.29) is 15.4 Å². The summed E-state index contributed by atoms with van der Waals surface area (Å²) >= 11 is 11.8. The molecule has 0 saturated carbocycles. The van der Waals surface area contributed by atoms with Crippen molar-refractivity contribution in [2.45, 2.75) is 10.4 Å². The summed E-state index contributed by atoms with van der Waals surface area (Å²) < 4.78 is 84.6. The second-order valence-corrected chi connectivity index (χ2v) is 11.5. The van der Waals surface area contributed by atoms with Crippen molar-refractivity contribution in [1.82, 2.24) is 24.9 Å². The first-order valence-corrected chi connectivity index (χ1v) is 14.2. The van der Waals surface area contributed by atoms with Gasteiger partial charge >= 0.3 is 15.6 Å². The zero-order chi connectivity index (χ0) is 29.3. The maximum absolute atomic E-state index is 12.1. The molecule has 5 aromatic heterocycles. The first-order chi connectivity index (χ1) is 18.7. The Morgan fingerprint density at radius 3 is 1.95 bits per heavy atom. The fraction of sp³-hybridized carbons (Fsp3) is 0.0455. The van der Waals surface area contributed by atoms with E-state index >= 15 is 0 Å². The second kappa shape index (κ2) is 11.1. The molecule has 40 heavy (non-hydrogen) atoms. The maximum atomic E-state index is 12.1. The zero-order valence-corrected chi connectivity index (χ0v) is 22.6. The van der Waals surface area contributed by atoms with Crippen molar-refractivity contribution < 1.29 is 34.2 Å². The summed E-state index contributed by atoms with van der Waals surface area (Å²) in [6.45, 7) is 0. The maximum Gasteiger partial charge on any atom is 0.534 e. The molecule has 0 bridgehead atoms. The van der Waals surface area contributed by atoms with Gasteiger partial charge < -0.3 is 4.18 Å². The third kappa shape index (κ3) is 6.53. The van der Waals surface area contributed by atoms with Gasteiger partial charge in [0.1, 0.15) is 15.9 Å². The van der Waals surface area contributed by atoms with Crippen LogP contribution in [0.1, 0.15) is 0 Å². The first-order valence-electron chi connectivity index (χ1n) is 10.5. The van der Waals surface area contributed by atoms with Crippen molar-refractivity contribution in [2.24, 2.45) is 5.14 Å². The highest BCUT2D eigenvalue weighted by molar-refractivity contribution is 7.89. The van der Waals surface area contributed by atoms with E-state index in [1.165, 1.54) is 36.8 Å². The molecule has 0 amide bonds. The van der Waals surface area contributed by atoms with Crippen LogP contribution in [0.2, 0.25) is 10.0 Å².